The Labute approximate surface area is 127 Å². The van der Waals surface area contributed by atoms with Gasteiger partial charge in [-0.1, -0.05) is 26.0 Å². The van der Waals surface area contributed by atoms with Gasteiger partial charge in [0.25, 0.3) is 0 Å². The third-order valence-electron chi connectivity index (χ3n) is 3.08. The van der Waals surface area contributed by atoms with Crippen molar-refractivity contribution in [3.63, 3.8) is 0 Å². The van der Waals surface area contributed by atoms with Gasteiger partial charge >= 0.3 is 0 Å². The van der Waals surface area contributed by atoms with E-state index >= 15 is 0 Å². The molecule has 6 heteroatoms. The molecule has 0 fully saturated rings. The lowest BCUT2D eigenvalue weighted by Gasteiger charge is -2.23. The molecule has 0 spiro atoms. The van der Waals surface area contributed by atoms with Gasteiger partial charge in [-0.25, -0.2) is 8.42 Å². The highest BCUT2D eigenvalue weighted by Gasteiger charge is 2.24. The first-order valence-corrected chi connectivity index (χ1v) is 8.54. The summed E-state index contributed by atoms with van der Waals surface area (Å²) in [5.74, 6) is 0.241. The summed E-state index contributed by atoms with van der Waals surface area (Å²) in [6, 6.07) is 6.68. The number of aliphatic hydroxyl groups is 1. The monoisotopic (exact) mass is 315 g/mol. The van der Waals surface area contributed by atoms with Crippen molar-refractivity contribution in [2.45, 2.75) is 25.2 Å². The van der Waals surface area contributed by atoms with E-state index in [1.54, 1.807) is 31.4 Å². The molecule has 1 N–H and O–H groups in total. The molecule has 1 aromatic carbocycles. The quantitative estimate of drug-likeness (QED) is 0.750. The van der Waals surface area contributed by atoms with Gasteiger partial charge in [-0.05, 0) is 30.0 Å². The Morgan fingerprint density at radius 2 is 1.86 bits per heavy atom. The van der Waals surface area contributed by atoms with Gasteiger partial charge in [0.15, 0.2) is 0 Å². The number of rotatable bonds is 9. The normalized spacial score (nSPS) is 12.3. The molecule has 0 aliphatic rings. The van der Waals surface area contributed by atoms with E-state index in [4.69, 9.17) is 9.84 Å². The number of benzene rings is 1. The summed E-state index contributed by atoms with van der Waals surface area (Å²) in [5, 5.41) is 8.89. The molecule has 0 radical (unpaired) electrons. The van der Waals surface area contributed by atoms with Crippen LogP contribution in [0.3, 0.4) is 0 Å². The fraction of sp³-hybridized carbons (Fsp3) is 0.600. The fourth-order valence-electron chi connectivity index (χ4n) is 2.02. The van der Waals surface area contributed by atoms with Crippen molar-refractivity contribution in [2.24, 2.45) is 5.92 Å². The number of hydrogen-bond donors (Lipinski definition) is 1. The Hall–Kier alpha value is -0.950. The van der Waals surface area contributed by atoms with Crippen LogP contribution in [0.4, 0.5) is 0 Å². The van der Waals surface area contributed by atoms with Crippen LogP contribution in [0.5, 0.6) is 0 Å². The number of ether oxygens (including phenoxy) is 1. The summed E-state index contributed by atoms with van der Waals surface area (Å²) in [4.78, 5) is 0.279. The first kappa shape index (κ1) is 18.1. The number of aliphatic hydroxyl groups excluding tert-OH is 1. The lowest BCUT2D eigenvalue weighted by molar-refractivity contribution is 0.175. The van der Waals surface area contributed by atoms with Gasteiger partial charge in [0.1, 0.15) is 0 Å². The van der Waals surface area contributed by atoms with Crippen molar-refractivity contribution in [1.29, 1.82) is 0 Å². The molecule has 1 aromatic rings. The minimum atomic E-state index is -3.51. The van der Waals surface area contributed by atoms with E-state index in [0.29, 0.717) is 26.1 Å². The van der Waals surface area contributed by atoms with Gasteiger partial charge < -0.3 is 9.84 Å². The zero-order valence-corrected chi connectivity index (χ0v) is 13.8. The van der Waals surface area contributed by atoms with Gasteiger partial charge in [-0.15, -0.1) is 0 Å². The largest absolute Gasteiger partial charge is 0.396 e. The summed E-state index contributed by atoms with van der Waals surface area (Å²) in [6.07, 6.45) is 0.527. The summed E-state index contributed by atoms with van der Waals surface area (Å²) >= 11 is 0. The molecule has 0 aliphatic carbocycles. The molecule has 0 unspecified atom stereocenters. The van der Waals surface area contributed by atoms with Crippen LogP contribution in [0.25, 0.3) is 0 Å². The maximum absolute atomic E-state index is 12.7. The standard InChI is InChI=1S/C15H25NO4S/c1-13(2)12-16(9-11-20-3)21(18,19)15-6-4-14(5-7-15)8-10-17/h4-7,13,17H,8-12H2,1-3H3. The number of methoxy groups -OCH3 is 1. The van der Waals surface area contributed by atoms with Crippen LogP contribution < -0.4 is 0 Å². The molecule has 5 nitrogen and oxygen atoms in total. The first-order chi connectivity index (χ1) is 9.91. The molecule has 0 atom stereocenters. The highest BCUT2D eigenvalue weighted by molar-refractivity contribution is 7.89. The van der Waals surface area contributed by atoms with Crippen molar-refractivity contribution >= 4 is 10.0 Å². The van der Waals surface area contributed by atoms with Gasteiger partial charge in [-0.2, -0.15) is 4.31 Å². The number of nitrogens with zero attached hydrogens (tertiary/aromatic N) is 1. The SMILES string of the molecule is COCCN(CC(C)C)S(=O)(=O)c1ccc(CCO)cc1. The molecular formula is C15H25NO4S. The van der Waals surface area contributed by atoms with Gasteiger partial charge in [0, 0.05) is 26.8 Å². The lowest BCUT2D eigenvalue weighted by Crippen LogP contribution is -2.36. The predicted molar refractivity (Wildman–Crippen MR) is 82.7 cm³/mol. The Bertz CT molecular complexity index is 511. The molecule has 21 heavy (non-hydrogen) atoms. The van der Waals surface area contributed by atoms with Crippen LogP contribution in [0.2, 0.25) is 0 Å². The van der Waals surface area contributed by atoms with Crippen LogP contribution in [0.1, 0.15) is 19.4 Å². The molecule has 1 rings (SSSR count). The lowest BCUT2D eigenvalue weighted by atomic mass is 10.2. The number of sulfonamides is 1. The third kappa shape index (κ3) is 5.39. The van der Waals surface area contributed by atoms with Crippen LogP contribution in [-0.2, 0) is 21.2 Å². The molecule has 0 aromatic heterocycles. The van der Waals surface area contributed by atoms with Crippen molar-refractivity contribution in [3.8, 4) is 0 Å². The van der Waals surface area contributed by atoms with E-state index in [0.717, 1.165) is 5.56 Å². The highest BCUT2D eigenvalue weighted by Crippen LogP contribution is 2.18. The second-order valence-corrected chi connectivity index (χ2v) is 7.31. The topological polar surface area (TPSA) is 66.8 Å². The summed E-state index contributed by atoms with van der Waals surface area (Å²) in [7, 11) is -1.95. The van der Waals surface area contributed by atoms with Crippen LogP contribution in [0, 0.1) is 5.92 Å². The van der Waals surface area contributed by atoms with Crippen LogP contribution in [0.15, 0.2) is 29.2 Å². The smallest absolute Gasteiger partial charge is 0.243 e. The van der Waals surface area contributed by atoms with Crippen molar-refractivity contribution in [3.05, 3.63) is 29.8 Å². The van der Waals surface area contributed by atoms with Crippen molar-refractivity contribution < 1.29 is 18.3 Å². The average Bonchev–Trinajstić information content (AvgIpc) is 2.44. The first-order valence-electron chi connectivity index (χ1n) is 7.10. The Balaban J connectivity index is 2.97. The average molecular weight is 315 g/mol. The molecule has 0 bridgehead atoms. The predicted octanol–water partition coefficient (Wildman–Crippen LogP) is 1.51. The number of hydrogen-bond acceptors (Lipinski definition) is 4. The Morgan fingerprint density at radius 3 is 2.33 bits per heavy atom. The molecule has 0 aliphatic heterocycles. The zero-order valence-electron chi connectivity index (χ0n) is 12.9. The van der Waals surface area contributed by atoms with Crippen LogP contribution in [-0.4, -0.2) is 51.2 Å². The molecule has 120 valence electrons. The minimum absolute atomic E-state index is 0.0550. The summed E-state index contributed by atoms with van der Waals surface area (Å²) in [6.45, 7) is 5.20. The van der Waals surface area contributed by atoms with E-state index in [2.05, 4.69) is 0 Å². The van der Waals surface area contributed by atoms with Gasteiger partial charge in [-0.3, -0.25) is 0 Å². The minimum Gasteiger partial charge on any atom is -0.396 e. The van der Waals surface area contributed by atoms with E-state index in [-0.39, 0.29) is 17.4 Å². The van der Waals surface area contributed by atoms with E-state index in [9.17, 15) is 8.42 Å². The fourth-order valence-corrected chi connectivity index (χ4v) is 3.60. The molecule has 0 saturated heterocycles. The summed E-state index contributed by atoms with van der Waals surface area (Å²) < 4.78 is 31.8. The van der Waals surface area contributed by atoms with Crippen LogP contribution >= 0.6 is 0 Å². The third-order valence-corrected chi connectivity index (χ3v) is 4.95. The maximum Gasteiger partial charge on any atom is 0.243 e. The van der Waals surface area contributed by atoms with Gasteiger partial charge in [0.05, 0.1) is 11.5 Å². The molecule has 0 amide bonds. The van der Waals surface area contributed by atoms with Gasteiger partial charge in [0.2, 0.25) is 10.0 Å². The maximum atomic E-state index is 12.7. The Morgan fingerprint density at radius 1 is 1.24 bits per heavy atom. The second kappa shape index (κ2) is 8.48. The van der Waals surface area contributed by atoms with Crippen molar-refractivity contribution in [1.82, 2.24) is 4.31 Å². The van der Waals surface area contributed by atoms with E-state index < -0.39 is 10.0 Å². The molecular weight excluding hydrogens is 290 g/mol. The molecule has 0 heterocycles. The second-order valence-electron chi connectivity index (χ2n) is 5.37. The highest BCUT2D eigenvalue weighted by atomic mass is 32.2. The summed E-state index contributed by atoms with van der Waals surface area (Å²) in [5.41, 5.74) is 0.920. The van der Waals surface area contributed by atoms with E-state index in [1.165, 1.54) is 4.31 Å². The van der Waals surface area contributed by atoms with E-state index in [1.807, 2.05) is 13.8 Å². The zero-order chi connectivity index (χ0) is 15.9. The Kier molecular flexibility index (Phi) is 7.31. The molecule has 0 saturated carbocycles. The van der Waals surface area contributed by atoms with Crippen molar-refractivity contribution in [2.75, 3.05) is 33.4 Å².